The summed E-state index contributed by atoms with van der Waals surface area (Å²) in [6.07, 6.45) is 2.08. The fourth-order valence-corrected chi connectivity index (χ4v) is 6.57. The van der Waals surface area contributed by atoms with Crippen LogP contribution in [0.4, 0.5) is 10.6 Å². The molecule has 0 aliphatic heterocycles. The van der Waals surface area contributed by atoms with Gasteiger partial charge in [0, 0.05) is 11.4 Å². The van der Waals surface area contributed by atoms with E-state index in [1.165, 1.54) is 42.5 Å². The van der Waals surface area contributed by atoms with Gasteiger partial charge in [-0.3, -0.25) is 9.69 Å². The van der Waals surface area contributed by atoms with Crippen molar-refractivity contribution in [1.82, 2.24) is 4.98 Å². The first-order valence-corrected chi connectivity index (χ1v) is 16.3. The van der Waals surface area contributed by atoms with Gasteiger partial charge in [-0.05, 0) is 80.1 Å². The van der Waals surface area contributed by atoms with Gasteiger partial charge in [0.1, 0.15) is 18.0 Å². The number of aliphatic carboxylic acids is 1. The van der Waals surface area contributed by atoms with Crippen LogP contribution in [0.2, 0.25) is 5.02 Å². The van der Waals surface area contributed by atoms with Gasteiger partial charge in [0.05, 0.1) is 10.6 Å². The van der Waals surface area contributed by atoms with Crippen LogP contribution >= 0.6 is 11.6 Å². The number of pyridine rings is 1. The Bertz CT molecular complexity index is 1570. The maximum atomic E-state index is 14.3. The molecule has 0 radical (unpaired) electrons. The number of ether oxygens (including phenoxy) is 1. The third-order valence-electron chi connectivity index (χ3n) is 7.31. The summed E-state index contributed by atoms with van der Waals surface area (Å²) >= 11 is 6.04. The van der Waals surface area contributed by atoms with E-state index < -0.39 is 38.9 Å². The minimum atomic E-state index is -4.33. The number of carboxylic acids is 1. The number of nitrogens with zero attached hydrogens (tertiary/aromatic N) is 2. The Morgan fingerprint density at radius 1 is 0.977 bits per heavy atom. The third kappa shape index (κ3) is 8.37. The van der Waals surface area contributed by atoms with Crippen molar-refractivity contribution in [2.75, 3.05) is 11.4 Å². The molecular weight excluding hydrogens is 602 g/mol. The monoisotopic (exact) mass is 643 g/mol. The zero-order chi connectivity index (χ0) is 32.9. The number of carbonyl (C=O) groups is 2. The molecule has 11 heteroatoms. The number of carbonyl (C=O) groups excluding carboxylic acids is 1. The van der Waals surface area contributed by atoms with Crippen molar-refractivity contribution >= 4 is 39.3 Å². The number of benzene rings is 2. The van der Waals surface area contributed by atoms with E-state index in [1.807, 2.05) is 24.3 Å². The van der Waals surface area contributed by atoms with Crippen LogP contribution in [0.15, 0.2) is 71.6 Å². The largest absolute Gasteiger partial charge is 0.480 e. The van der Waals surface area contributed by atoms with E-state index in [4.69, 9.17) is 22.1 Å². The highest BCUT2D eigenvalue weighted by Crippen LogP contribution is 2.36. The average molecular weight is 644 g/mol. The highest BCUT2D eigenvalue weighted by molar-refractivity contribution is 7.92. The van der Waals surface area contributed by atoms with Crippen molar-refractivity contribution in [1.29, 1.82) is 0 Å². The summed E-state index contributed by atoms with van der Waals surface area (Å²) in [6, 6.07) is 17.7. The minimum Gasteiger partial charge on any atom is -0.480 e. The molecule has 0 saturated heterocycles. The quantitative estimate of drug-likeness (QED) is 0.218. The second kappa shape index (κ2) is 13.7. The van der Waals surface area contributed by atoms with E-state index >= 15 is 0 Å². The third-order valence-corrected chi connectivity index (χ3v) is 9.77. The second-order valence-electron chi connectivity index (χ2n) is 12.5. The zero-order valence-corrected chi connectivity index (χ0v) is 27.7. The lowest BCUT2D eigenvalue weighted by atomic mass is 9.80. The van der Waals surface area contributed by atoms with Crippen LogP contribution in [0.25, 0.3) is 0 Å². The average Bonchev–Trinajstić information content (AvgIpc) is 2.94. The van der Waals surface area contributed by atoms with E-state index in [0.717, 1.165) is 29.7 Å². The number of amides is 1. The minimum absolute atomic E-state index is 0.0606. The summed E-state index contributed by atoms with van der Waals surface area (Å²) in [5, 5.41) is 9.89. The number of anilines is 1. The molecule has 0 aliphatic rings. The van der Waals surface area contributed by atoms with Crippen LogP contribution in [0, 0.1) is 0 Å². The smallest absolute Gasteiger partial charge is 0.416 e. The maximum Gasteiger partial charge on any atom is 0.416 e. The van der Waals surface area contributed by atoms with Crippen LogP contribution in [-0.4, -0.2) is 42.7 Å². The second-order valence-corrected chi connectivity index (χ2v) is 15.2. The summed E-state index contributed by atoms with van der Waals surface area (Å²) in [5.41, 5.74) is 7.63. The standard InChI is InChI=1S/C33H42ClN3O6S/c1-7-8-20-32(5,6)24-14-12-23(13-15-24)21-33(35,44(41,42)26-18-16-25(34)17-19-26)27-10-9-11-28(36-27)37(22-29(38)39)30(40)43-31(2,3)4/h9-19H,7-8,20-22,35H2,1-6H3,(H,38,39). The molecule has 1 heterocycles. The molecular formula is C33H42ClN3O6S. The number of unbranched alkanes of at least 4 members (excludes halogenated alkanes) is 1. The van der Waals surface area contributed by atoms with E-state index in [-0.39, 0.29) is 28.2 Å². The number of nitrogens with two attached hydrogens (primary N) is 1. The Labute approximate surface area is 265 Å². The number of hydrogen-bond donors (Lipinski definition) is 2. The van der Waals surface area contributed by atoms with Gasteiger partial charge in [-0.1, -0.05) is 75.5 Å². The molecule has 0 aliphatic carbocycles. The number of aromatic nitrogens is 1. The number of halogens is 1. The predicted octanol–water partition coefficient (Wildman–Crippen LogP) is 6.86. The first kappa shape index (κ1) is 35.0. The predicted molar refractivity (Wildman–Crippen MR) is 173 cm³/mol. The van der Waals surface area contributed by atoms with Gasteiger partial charge in [0.2, 0.25) is 9.84 Å². The van der Waals surface area contributed by atoms with E-state index in [9.17, 15) is 23.1 Å². The number of hydrogen-bond acceptors (Lipinski definition) is 7. The van der Waals surface area contributed by atoms with Crippen molar-refractivity contribution in [2.24, 2.45) is 5.73 Å². The molecule has 3 aromatic rings. The van der Waals surface area contributed by atoms with Gasteiger partial charge >= 0.3 is 12.1 Å². The van der Waals surface area contributed by atoms with Crippen molar-refractivity contribution in [3.63, 3.8) is 0 Å². The van der Waals surface area contributed by atoms with E-state index in [1.54, 1.807) is 20.8 Å². The number of sulfone groups is 1. The summed E-state index contributed by atoms with van der Waals surface area (Å²) in [7, 11) is -4.33. The lowest BCUT2D eigenvalue weighted by molar-refractivity contribution is -0.135. The van der Waals surface area contributed by atoms with Crippen molar-refractivity contribution in [3.05, 3.63) is 88.6 Å². The highest BCUT2D eigenvalue weighted by Gasteiger charge is 2.45. The normalized spacial score (nSPS) is 13.6. The molecule has 1 aromatic heterocycles. The lowest BCUT2D eigenvalue weighted by Gasteiger charge is -2.31. The molecule has 238 valence electrons. The van der Waals surface area contributed by atoms with Crippen LogP contribution in [-0.2, 0) is 36.1 Å². The molecule has 44 heavy (non-hydrogen) atoms. The Morgan fingerprint density at radius 2 is 1.59 bits per heavy atom. The van der Waals surface area contributed by atoms with E-state index in [0.29, 0.717) is 10.6 Å². The maximum absolute atomic E-state index is 14.3. The fourth-order valence-electron chi connectivity index (χ4n) is 4.79. The van der Waals surface area contributed by atoms with Crippen LogP contribution in [0.5, 0.6) is 0 Å². The van der Waals surface area contributed by atoms with Gasteiger partial charge in [-0.15, -0.1) is 0 Å². The Morgan fingerprint density at radius 3 is 2.14 bits per heavy atom. The first-order valence-electron chi connectivity index (χ1n) is 14.5. The lowest BCUT2D eigenvalue weighted by Crippen LogP contribution is -2.48. The first-order chi connectivity index (χ1) is 20.4. The SMILES string of the molecule is CCCCC(C)(C)c1ccc(CC(N)(c2cccc(N(CC(=O)O)C(=O)OC(C)(C)C)n2)S(=O)(=O)c2ccc(Cl)cc2)cc1. The van der Waals surface area contributed by atoms with Gasteiger partial charge in [0.15, 0.2) is 4.87 Å². The summed E-state index contributed by atoms with van der Waals surface area (Å²) in [4.78, 5) is 27.8. The number of carboxylic acid groups (broad SMARTS) is 1. The van der Waals surface area contributed by atoms with Crippen LogP contribution < -0.4 is 10.6 Å². The summed E-state index contributed by atoms with van der Waals surface area (Å²) < 4.78 is 34.0. The van der Waals surface area contributed by atoms with Gasteiger partial charge in [-0.2, -0.15) is 0 Å². The molecule has 0 bridgehead atoms. The fraction of sp³-hybridized carbons (Fsp3) is 0.424. The number of rotatable bonds is 12. The van der Waals surface area contributed by atoms with Gasteiger partial charge in [-0.25, -0.2) is 18.2 Å². The Kier molecular flexibility index (Phi) is 10.9. The molecule has 1 amide bonds. The molecule has 0 saturated carbocycles. The summed E-state index contributed by atoms with van der Waals surface area (Å²) in [5.74, 6) is -1.42. The highest BCUT2D eigenvalue weighted by atomic mass is 35.5. The van der Waals surface area contributed by atoms with Gasteiger partial charge in [0.25, 0.3) is 0 Å². The topological polar surface area (TPSA) is 140 Å². The van der Waals surface area contributed by atoms with Crippen molar-refractivity contribution < 1.29 is 27.9 Å². The van der Waals surface area contributed by atoms with Gasteiger partial charge < -0.3 is 15.6 Å². The molecule has 0 fully saturated rings. The summed E-state index contributed by atoms with van der Waals surface area (Å²) in [6.45, 7) is 10.7. The molecule has 3 N–H and O–H groups in total. The van der Waals surface area contributed by atoms with E-state index in [2.05, 4.69) is 25.8 Å². The van der Waals surface area contributed by atoms with Crippen molar-refractivity contribution in [3.8, 4) is 0 Å². The Hall–Kier alpha value is -3.47. The van der Waals surface area contributed by atoms with Crippen LogP contribution in [0.3, 0.4) is 0 Å². The van der Waals surface area contributed by atoms with Crippen LogP contribution in [0.1, 0.15) is 77.6 Å². The Balaban J connectivity index is 2.15. The molecule has 0 spiro atoms. The molecule has 3 rings (SSSR count). The molecule has 9 nitrogen and oxygen atoms in total. The molecule has 2 aromatic carbocycles. The molecule has 1 atom stereocenters. The zero-order valence-electron chi connectivity index (χ0n) is 26.1. The van der Waals surface area contributed by atoms with Crippen molar-refractivity contribution in [2.45, 2.75) is 88.0 Å². The molecule has 1 unspecified atom stereocenters.